The van der Waals surface area contributed by atoms with E-state index in [1.807, 2.05) is 49.4 Å². The van der Waals surface area contributed by atoms with Crippen LogP contribution in [0.2, 0.25) is 0 Å². The summed E-state index contributed by atoms with van der Waals surface area (Å²) in [7, 11) is 2.16. The molecular weight excluding hydrogens is 432 g/mol. The molecule has 1 N–H and O–H groups in total. The van der Waals surface area contributed by atoms with Crippen molar-refractivity contribution in [2.45, 2.75) is 24.0 Å². The van der Waals surface area contributed by atoms with E-state index in [1.54, 1.807) is 11.8 Å². The van der Waals surface area contributed by atoms with E-state index in [9.17, 15) is 4.79 Å². The molecule has 2 heterocycles. The Morgan fingerprint density at radius 2 is 1.79 bits per heavy atom. The summed E-state index contributed by atoms with van der Waals surface area (Å²) in [5.74, 6) is 2.14. The standard InChI is InChI=1S/C26H32N4O2S/c1-20-24(19-33-23-7-4-3-5-8-23)28-26(32-20)22-11-9-21(10-12-22)25(31)27-13-6-14-30-17-15-29(2)16-18-30/h3-5,7-12H,6,13-19H2,1-2H3,(H,27,31). The van der Waals surface area contributed by atoms with Gasteiger partial charge in [0.15, 0.2) is 0 Å². The predicted molar refractivity (Wildman–Crippen MR) is 134 cm³/mol. The van der Waals surface area contributed by atoms with Crippen LogP contribution < -0.4 is 5.32 Å². The molecule has 1 saturated heterocycles. The Labute approximate surface area is 200 Å². The van der Waals surface area contributed by atoms with Gasteiger partial charge in [-0.05, 0) is 63.3 Å². The molecule has 1 amide bonds. The second-order valence-electron chi connectivity index (χ2n) is 8.46. The number of nitrogens with zero attached hydrogens (tertiary/aromatic N) is 3. The van der Waals surface area contributed by atoms with Crippen molar-refractivity contribution in [2.75, 3.05) is 46.3 Å². The molecule has 6 nitrogen and oxygen atoms in total. The first-order valence-corrected chi connectivity index (χ1v) is 12.5. The lowest BCUT2D eigenvalue weighted by molar-refractivity contribution is 0.0949. The van der Waals surface area contributed by atoms with E-state index in [0.717, 1.165) is 61.9 Å². The minimum atomic E-state index is -0.0385. The first-order chi connectivity index (χ1) is 16.1. The molecule has 33 heavy (non-hydrogen) atoms. The van der Waals surface area contributed by atoms with E-state index in [0.29, 0.717) is 18.0 Å². The number of aryl methyl sites for hydroxylation is 1. The van der Waals surface area contributed by atoms with Crippen LogP contribution >= 0.6 is 11.8 Å². The number of aromatic nitrogens is 1. The number of benzene rings is 2. The second-order valence-corrected chi connectivity index (χ2v) is 9.50. The highest BCUT2D eigenvalue weighted by molar-refractivity contribution is 7.98. The lowest BCUT2D eigenvalue weighted by Crippen LogP contribution is -2.45. The SMILES string of the molecule is Cc1oc(-c2ccc(C(=O)NCCCN3CCN(C)CC3)cc2)nc1CSc1ccccc1. The van der Waals surface area contributed by atoms with Gasteiger partial charge in [-0.3, -0.25) is 4.79 Å². The van der Waals surface area contributed by atoms with Crippen molar-refractivity contribution in [1.82, 2.24) is 20.1 Å². The van der Waals surface area contributed by atoms with Gasteiger partial charge in [0.2, 0.25) is 5.89 Å². The third-order valence-corrected chi connectivity index (χ3v) is 6.96. The zero-order valence-electron chi connectivity index (χ0n) is 19.4. The predicted octanol–water partition coefficient (Wildman–Crippen LogP) is 4.31. The number of hydrogen-bond donors (Lipinski definition) is 1. The minimum absolute atomic E-state index is 0.0385. The molecule has 174 valence electrons. The normalized spacial score (nSPS) is 15.0. The van der Waals surface area contributed by atoms with Crippen LogP contribution in [0.15, 0.2) is 63.9 Å². The highest BCUT2D eigenvalue weighted by Gasteiger charge is 2.14. The van der Waals surface area contributed by atoms with E-state index < -0.39 is 0 Å². The number of amides is 1. The number of nitrogens with one attached hydrogen (secondary N) is 1. The fraction of sp³-hybridized carbons (Fsp3) is 0.385. The van der Waals surface area contributed by atoms with Gasteiger partial charge >= 0.3 is 0 Å². The molecule has 0 unspecified atom stereocenters. The molecule has 1 aliphatic heterocycles. The number of hydrogen-bond acceptors (Lipinski definition) is 6. The smallest absolute Gasteiger partial charge is 0.251 e. The topological polar surface area (TPSA) is 61.6 Å². The van der Waals surface area contributed by atoms with Crippen LogP contribution in [-0.4, -0.2) is 67.0 Å². The summed E-state index contributed by atoms with van der Waals surface area (Å²) in [5.41, 5.74) is 2.48. The van der Waals surface area contributed by atoms with Crippen LogP contribution in [-0.2, 0) is 5.75 Å². The molecule has 0 bridgehead atoms. The van der Waals surface area contributed by atoms with E-state index in [4.69, 9.17) is 4.42 Å². The van der Waals surface area contributed by atoms with Gasteiger partial charge in [-0.2, -0.15) is 0 Å². The summed E-state index contributed by atoms with van der Waals surface area (Å²) >= 11 is 1.74. The first-order valence-electron chi connectivity index (χ1n) is 11.5. The Hall–Kier alpha value is -2.61. The first kappa shape index (κ1) is 23.5. The summed E-state index contributed by atoms with van der Waals surface area (Å²) in [4.78, 5) is 23.2. The minimum Gasteiger partial charge on any atom is -0.441 e. The number of carbonyl (C=O) groups is 1. The number of oxazole rings is 1. The van der Waals surface area contributed by atoms with Crippen molar-refractivity contribution in [1.29, 1.82) is 0 Å². The lowest BCUT2D eigenvalue weighted by Gasteiger charge is -2.32. The molecule has 0 saturated carbocycles. The number of piperazine rings is 1. The van der Waals surface area contributed by atoms with Gasteiger partial charge in [0.1, 0.15) is 5.76 Å². The molecule has 0 atom stereocenters. The Morgan fingerprint density at radius 1 is 1.06 bits per heavy atom. The van der Waals surface area contributed by atoms with Crippen LogP contribution in [0.1, 0.15) is 28.2 Å². The molecular formula is C26H32N4O2S. The Morgan fingerprint density at radius 3 is 2.52 bits per heavy atom. The summed E-state index contributed by atoms with van der Waals surface area (Å²) in [6.45, 7) is 8.13. The number of rotatable bonds is 9. The van der Waals surface area contributed by atoms with Crippen molar-refractivity contribution < 1.29 is 9.21 Å². The third kappa shape index (κ3) is 6.69. The highest BCUT2D eigenvalue weighted by atomic mass is 32.2. The number of thioether (sulfide) groups is 1. The molecule has 2 aromatic carbocycles. The average molecular weight is 465 g/mol. The van der Waals surface area contributed by atoms with E-state index in [2.05, 4.69) is 39.3 Å². The van der Waals surface area contributed by atoms with Gasteiger partial charge in [-0.25, -0.2) is 4.98 Å². The summed E-state index contributed by atoms with van der Waals surface area (Å²) in [5, 5.41) is 3.03. The molecule has 4 rings (SSSR count). The Bertz CT molecular complexity index is 1030. The molecule has 0 spiro atoms. The van der Waals surface area contributed by atoms with Crippen LogP contribution in [0.5, 0.6) is 0 Å². The monoisotopic (exact) mass is 464 g/mol. The molecule has 0 radical (unpaired) electrons. The Kier molecular flexibility index (Phi) is 8.20. The van der Waals surface area contributed by atoms with Crippen LogP contribution in [0.25, 0.3) is 11.5 Å². The van der Waals surface area contributed by atoms with Gasteiger partial charge < -0.3 is 19.5 Å². The van der Waals surface area contributed by atoms with E-state index >= 15 is 0 Å². The van der Waals surface area contributed by atoms with Crippen molar-refractivity contribution >= 4 is 17.7 Å². The zero-order valence-corrected chi connectivity index (χ0v) is 20.2. The lowest BCUT2D eigenvalue weighted by atomic mass is 10.1. The van der Waals surface area contributed by atoms with Gasteiger partial charge in [0.25, 0.3) is 5.91 Å². The number of carbonyl (C=O) groups excluding carboxylic acids is 1. The van der Waals surface area contributed by atoms with Gasteiger partial charge in [-0.1, -0.05) is 18.2 Å². The van der Waals surface area contributed by atoms with Crippen LogP contribution in [0.4, 0.5) is 0 Å². The Balaban J connectivity index is 1.26. The molecule has 1 aromatic heterocycles. The van der Waals surface area contributed by atoms with E-state index in [-0.39, 0.29) is 5.91 Å². The summed E-state index contributed by atoms with van der Waals surface area (Å²) in [6, 6.07) is 17.8. The quantitative estimate of drug-likeness (QED) is 0.376. The van der Waals surface area contributed by atoms with Crippen molar-refractivity contribution in [3.8, 4) is 11.5 Å². The largest absolute Gasteiger partial charge is 0.441 e. The van der Waals surface area contributed by atoms with Crippen molar-refractivity contribution in [3.05, 3.63) is 71.6 Å². The summed E-state index contributed by atoms with van der Waals surface area (Å²) in [6.07, 6.45) is 0.965. The summed E-state index contributed by atoms with van der Waals surface area (Å²) < 4.78 is 5.90. The highest BCUT2D eigenvalue weighted by Crippen LogP contribution is 2.27. The second kappa shape index (κ2) is 11.5. The average Bonchev–Trinajstić information content (AvgIpc) is 3.22. The molecule has 1 fully saturated rings. The fourth-order valence-corrected chi connectivity index (χ4v) is 4.72. The fourth-order valence-electron chi connectivity index (χ4n) is 3.80. The van der Waals surface area contributed by atoms with E-state index in [1.165, 1.54) is 4.90 Å². The number of likely N-dealkylation sites (N-methyl/N-ethyl adjacent to an activating group) is 1. The molecule has 0 aliphatic carbocycles. The maximum atomic E-state index is 12.5. The molecule has 7 heteroatoms. The third-order valence-electron chi connectivity index (χ3n) is 5.94. The molecule has 3 aromatic rings. The van der Waals surface area contributed by atoms with Gasteiger partial charge in [0.05, 0.1) is 5.69 Å². The molecule has 1 aliphatic rings. The zero-order chi connectivity index (χ0) is 23.0. The maximum absolute atomic E-state index is 12.5. The van der Waals surface area contributed by atoms with Crippen LogP contribution in [0.3, 0.4) is 0 Å². The van der Waals surface area contributed by atoms with Gasteiger partial charge in [0, 0.05) is 54.5 Å². The van der Waals surface area contributed by atoms with Crippen LogP contribution in [0, 0.1) is 6.92 Å². The van der Waals surface area contributed by atoms with Crippen molar-refractivity contribution in [3.63, 3.8) is 0 Å². The maximum Gasteiger partial charge on any atom is 0.251 e. The van der Waals surface area contributed by atoms with Crippen molar-refractivity contribution in [2.24, 2.45) is 0 Å². The van der Waals surface area contributed by atoms with Gasteiger partial charge in [-0.15, -0.1) is 11.8 Å².